The first kappa shape index (κ1) is 11.9. The van der Waals surface area contributed by atoms with E-state index in [0.29, 0.717) is 0 Å². The second kappa shape index (κ2) is 3.67. The van der Waals surface area contributed by atoms with Gasteiger partial charge in [-0.05, 0) is 46.5 Å². The average molecular weight is 253 g/mol. The summed E-state index contributed by atoms with van der Waals surface area (Å²) in [5.41, 5.74) is 1.28. The number of hydrogen-bond donors (Lipinski definition) is 0. The monoisotopic (exact) mass is 253 g/mol. The third-order valence-electron chi connectivity index (χ3n) is 4.23. The number of hydrogen-bond acceptors (Lipinski definition) is 3. The lowest BCUT2D eigenvalue weighted by atomic mass is 9.85. The molecule has 2 nitrogen and oxygen atoms in total. The van der Waals surface area contributed by atoms with Crippen molar-refractivity contribution < 1.29 is 4.74 Å². The second-order valence-electron chi connectivity index (χ2n) is 6.59. The Balaban J connectivity index is 1.84. The predicted octanol–water partition coefficient (Wildman–Crippen LogP) is 3.59. The molecule has 3 aliphatic rings. The molecule has 0 atom stereocenters. The molecule has 0 saturated heterocycles. The predicted molar refractivity (Wildman–Crippen MR) is 72.8 cm³/mol. The van der Waals surface area contributed by atoms with Crippen LogP contribution in [0, 0.1) is 5.92 Å². The lowest BCUT2D eigenvalue weighted by Gasteiger charge is -2.37. The van der Waals surface area contributed by atoms with Gasteiger partial charge in [0, 0.05) is 11.4 Å². The van der Waals surface area contributed by atoms with E-state index in [0.717, 1.165) is 11.8 Å². The number of ether oxygens (including phenoxy) is 1. The molecule has 0 bridgehead atoms. The van der Waals surface area contributed by atoms with Gasteiger partial charge in [0.05, 0.1) is 17.2 Å². The third-order valence-corrected chi connectivity index (χ3v) is 5.64. The van der Waals surface area contributed by atoms with E-state index in [4.69, 9.17) is 4.74 Å². The maximum atomic E-state index is 6.23. The van der Waals surface area contributed by atoms with Gasteiger partial charge in [-0.15, -0.1) is 11.8 Å². The zero-order chi connectivity index (χ0) is 12.3. The van der Waals surface area contributed by atoms with Gasteiger partial charge in [-0.1, -0.05) is 6.42 Å². The summed E-state index contributed by atoms with van der Waals surface area (Å²) >= 11 is 1.99. The van der Waals surface area contributed by atoms with Crippen molar-refractivity contribution in [1.29, 1.82) is 0 Å². The summed E-state index contributed by atoms with van der Waals surface area (Å²) in [5, 5.41) is 0. The third kappa shape index (κ3) is 1.82. The number of nitrogens with zero attached hydrogens (tertiary/aromatic N) is 1. The highest BCUT2D eigenvalue weighted by Crippen LogP contribution is 2.53. The van der Waals surface area contributed by atoms with Gasteiger partial charge in [0.25, 0.3) is 0 Å². The van der Waals surface area contributed by atoms with Crippen LogP contribution in [0.1, 0.15) is 47.0 Å². The fourth-order valence-electron chi connectivity index (χ4n) is 3.40. The van der Waals surface area contributed by atoms with Crippen molar-refractivity contribution in [3.63, 3.8) is 0 Å². The van der Waals surface area contributed by atoms with E-state index in [1.807, 2.05) is 11.8 Å². The van der Waals surface area contributed by atoms with Crippen LogP contribution >= 0.6 is 11.8 Å². The van der Waals surface area contributed by atoms with Crippen LogP contribution in [0.2, 0.25) is 0 Å². The minimum atomic E-state index is -0.105. The van der Waals surface area contributed by atoms with E-state index < -0.39 is 0 Å². The molecule has 0 spiro atoms. The quantitative estimate of drug-likeness (QED) is 0.746. The van der Waals surface area contributed by atoms with E-state index in [1.165, 1.54) is 36.4 Å². The fourth-order valence-corrected chi connectivity index (χ4v) is 4.82. The largest absolute Gasteiger partial charge is 0.362 e. The van der Waals surface area contributed by atoms with Crippen molar-refractivity contribution >= 4 is 11.8 Å². The molecule has 3 heteroatoms. The fraction of sp³-hybridized carbons (Fsp3) is 0.857. The van der Waals surface area contributed by atoms with Crippen molar-refractivity contribution in [2.24, 2.45) is 5.92 Å². The highest BCUT2D eigenvalue weighted by atomic mass is 32.2. The Hall–Kier alpha value is -0.150. The van der Waals surface area contributed by atoms with Crippen LogP contribution in [0.4, 0.5) is 0 Å². The molecule has 17 heavy (non-hydrogen) atoms. The Labute approximate surface area is 109 Å². The molecule has 3 rings (SSSR count). The normalized spacial score (nSPS) is 30.7. The van der Waals surface area contributed by atoms with Crippen LogP contribution < -0.4 is 0 Å². The van der Waals surface area contributed by atoms with Crippen LogP contribution in [0.5, 0.6) is 0 Å². The van der Waals surface area contributed by atoms with E-state index >= 15 is 0 Å². The zero-order valence-corrected chi connectivity index (χ0v) is 12.2. The molecule has 1 saturated carbocycles. The van der Waals surface area contributed by atoms with Crippen molar-refractivity contribution in [2.75, 3.05) is 12.4 Å². The minimum absolute atomic E-state index is 0.0855. The van der Waals surface area contributed by atoms with Crippen molar-refractivity contribution in [2.45, 2.75) is 58.2 Å². The number of rotatable bonds is 2. The van der Waals surface area contributed by atoms with Crippen LogP contribution in [0.25, 0.3) is 0 Å². The van der Waals surface area contributed by atoms with E-state index in [1.54, 1.807) is 0 Å². The van der Waals surface area contributed by atoms with Gasteiger partial charge < -0.3 is 9.64 Å². The van der Waals surface area contributed by atoms with Crippen molar-refractivity contribution in [1.82, 2.24) is 4.90 Å². The molecule has 1 aliphatic carbocycles. The van der Waals surface area contributed by atoms with Gasteiger partial charge in [-0.3, -0.25) is 0 Å². The Morgan fingerprint density at radius 1 is 1.24 bits per heavy atom. The average Bonchev–Trinajstić information content (AvgIpc) is 2.60. The first-order valence-corrected chi connectivity index (χ1v) is 7.72. The molecular weight excluding hydrogens is 230 g/mol. The molecular formula is C14H23NOS. The molecule has 0 aromatic heterocycles. The van der Waals surface area contributed by atoms with Gasteiger partial charge in [-0.2, -0.15) is 0 Å². The highest BCUT2D eigenvalue weighted by molar-refractivity contribution is 8.03. The van der Waals surface area contributed by atoms with Gasteiger partial charge >= 0.3 is 0 Å². The van der Waals surface area contributed by atoms with Crippen molar-refractivity contribution in [3.8, 4) is 0 Å². The van der Waals surface area contributed by atoms with Gasteiger partial charge in [0.1, 0.15) is 5.60 Å². The Bertz CT molecular complexity index is 368. The molecule has 0 unspecified atom stereocenters. The molecule has 2 aliphatic heterocycles. The summed E-state index contributed by atoms with van der Waals surface area (Å²) in [6.45, 7) is 10.1. The van der Waals surface area contributed by atoms with Gasteiger partial charge in [0.2, 0.25) is 0 Å². The summed E-state index contributed by atoms with van der Waals surface area (Å²) in [7, 11) is 0. The SMILES string of the molecule is CC1(C)OC(C)(C)C2=C1SCN2CC1CCC1. The Kier molecular flexibility index (Phi) is 2.57. The molecule has 0 amide bonds. The highest BCUT2D eigenvalue weighted by Gasteiger charge is 2.50. The Morgan fingerprint density at radius 3 is 2.53 bits per heavy atom. The molecule has 0 aromatic rings. The van der Waals surface area contributed by atoms with Gasteiger partial charge in [-0.25, -0.2) is 0 Å². The Morgan fingerprint density at radius 2 is 1.94 bits per heavy atom. The molecule has 2 heterocycles. The maximum Gasteiger partial charge on any atom is 0.104 e. The van der Waals surface area contributed by atoms with Crippen molar-refractivity contribution in [3.05, 3.63) is 10.6 Å². The van der Waals surface area contributed by atoms with Crippen LogP contribution in [0.15, 0.2) is 10.6 Å². The summed E-state index contributed by atoms with van der Waals surface area (Å²) in [6.07, 6.45) is 4.28. The number of thioether (sulfide) groups is 1. The summed E-state index contributed by atoms with van der Waals surface area (Å²) in [4.78, 5) is 4.06. The maximum absolute atomic E-state index is 6.23. The standard InChI is InChI=1S/C14H23NOS/c1-13(2)11-12(14(3,4)16-13)17-9-15(11)8-10-6-5-7-10/h10H,5-9H2,1-4H3. The van der Waals surface area contributed by atoms with Crippen LogP contribution in [-0.2, 0) is 4.74 Å². The molecule has 1 fully saturated rings. The topological polar surface area (TPSA) is 12.5 Å². The minimum Gasteiger partial charge on any atom is -0.362 e. The summed E-state index contributed by atoms with van der Waals surface area (Å²) in [6, 6.07) is 0. The molecule has 0 aromatic carbocycles. The van der Waals surface area contributed by atoms with E-state index in [2.05, 4.69) is 32.6 Å². The summed E-state index contributed by atoms with van der Waals surface area (Å²) < 4.78 is 6.23. The van der Waals surface area contributed by atoms with Crippen LogP contribution in [-0.4, -0.2) is 28.5 Å². The summed E-state index contributed by atoms with van der Waals surface area (Å²) in [5.74, 6) is 2.07. The molecule has 96 valence electrons. The van der Waals surface area contributed by atoms with Crippen LogP contribution in [0.3, 0.4) is 0 Å². The molecule has 0 radical (unpaired) electrons. The van der Waals surface area contributed by atoms with Gasteiger partial charge in [0.15, 0.2) is 0 Å². The first-order chi connectivity index (χ1) is 7.90. The molecule has 0 N–H and O–H groups in total. The van der Waals surface area contributed by atoms with E-state index in [9.17, 15) is 0 Å². The smallest absolute Gasteiger partial charge is 0.104 e. The second-order valence-corrected chi connectivity index (χ2v) is 7.55. The lowest BCUT2D eigenvalue weighted by Crippen LogP contribution is -2.39. The van der Waals surface area contributed by atoms with E-state index in [-0.39, 0.29) is 11.2 Å². The first-order valence-electron chi connectivity index (χ1n) is 6.73. The zero-order valence-electron chi connectivity index (χ0n) is 11.4. The lowest BCUT2D eigenvalue weighted by molar-refractivity contribution is -0.0633.